The Bertz CT molecular complexity index is 507. The van der Waals surface area contributed by atoms with Gasteiger partial charge >= 0.3 is 0 Å². The van der Waals surface area contributed by atoms with E-state index in [4.69, 9.17) is 5.84 Å². The van der Waals surface area contributed by atoms with E-state index in [1.54, 1.807) is 0 Å². The molecule has 0 bridgehead atoms. The van der Waals surface area contributed by atoms with Gasteiger partial charge in [0.15, 0.2) is 0 Å². The number of nitrogens with zero attached hydrogens (tertiary/aromatic N) is 4. The molecule has 0 aliphatic heterocycles. The number of aryl methyl sites for hydroxylation is 3. The summed E-state index contributed by atoms with van der Waals surface area (Å²) in [5.41, 5.74) is 4.91. The Morgan fingerprint density at radius 1 is 1.47 bits per heavy atom. The first-order chi connectivity index (χ1) is 9.15. The van der Waals surface area contributed by atoms with Crippen molar-refractivity contribution < 1.29 is 0 Å². The van der Waals surface area contributed by atoms with Crippen LogP contribution in [-0.4, -0.2) is 19.3 Å². The van der Waals surface area contributed by atoms with Gasteiger partial charge < -0.3 is 4.57 Å². The van der Waals surface area contributed by atoms with Crippen LogP contribution in [0.4, 0.5) is 0 Å². The second-order valence-electron chi connectivity index (χ2n) is 4.79. The maximum absolute atomic E-state index is 5.67. The van der Waals surface area contributed by atoms with Gasteiger partial charge in [-0.2, -0.15) is 5.10 Å². The molecule has 1 atom stereocenters. The molecule has 6 heteroatoms. The van der Waals surface area contributed by atoms with Crippen molar-refractivity contribution in [1.29, 1.82) is 0 Å². The van der Waals surface area contributed by atoms with Crippen LogP contribution in [0.25, 0.3) is 0 Å². The van der Waals surface area contributed by atoms with Gasteiger partial charge in [-0.15, -0.1) is 0 Å². The van der Waals surface area contributed by atoms with Crippen LogP contribution in [0.1, 0.15) is 36.6 Å². The molecular weight excluding hydrogens is 240 g/mol. The molecule has 0 saturated carbocycles. The molecule has 19 heavy (non-hydrogen) atoms. The second kappa shape index (κ2) is 5.99. The molecule has 0 saturated heterocycles. The number of hydrazine groups is 1. The molecule has 0 radical (unpaired) electrons. The number of aromatic nitrogens is 4. The molecule has 2 aromatic heterocycles. The normalized spacial score (nSPS) is 12.8. The lowest BCUT2D eigenvalue weighted by molar-refractivity contribution is 0.500. The summed E-state index contributed by atoms with van der Waals surface area (Å²) in [6.45, 7) is 5.17. The highest BCUT2D eigenvalue weighted by molar-refractivity contribution is 5.14. The van der Waals surface area contributed by atoms with Gasteiger partial charge in [-0.05, 0) is 19.4 Å². The molecule has 0 fully saturated rings. The number of imidazole rings is 1. The van der Waals surface area contributed by atoms with E-state index in [9.17, 15) is 0 Å². The summed E-state index contributed by atoms with van der Waals surface area (Å²) in [5, 5.41) is 4.47. The first kappa shape index (κ1) is 13.8. The summed E-state index contributed by atoms with van der Waals surface area (Å²) in [7, 11) is 1.93. The van der Waals surface area contributed by atoms with Crippen molar-refractivity contribution in [2.45, 2.75) is 39.3 Å². The molecule has 2 rings (SSSR count). The standard InChI is InChI=1S/C13H22N6/c1-4-6-19-7-5-15-13(19)9-11(16-14)12-8-10(2)18(3)17-12/h5,7-8,11,16H,4,6,9,14H2,1-3H3. The Labute approximate surface area is 113 Å². The Balaban J connectivity index is 2.16. The van der Waals surface area contributed by atoms with E-state index in [0.29, 0.717) is 0 Å². The Morgan fingerprint density at radius 2 is 2.26 bits per heavy atom. The monoisotopic (exact) mass is 262 g/mol. The minimum Gasteiger partial charge on any atom is -0.335 e. The quantitative estimate of drug-likeness (QED) is 0.603. The smallest absolute Gasteiger partial charge is 0.110 e. The summed E-state index contributed by atoms with van der Waals surface area (Å²) in [6, 6.07) is 2.04. The van der Waals surface area contributed by atoms with E-state index in [0.717, 1.165) is 36.6 Å². The minimum atomic E-state index is -0.0158. The fourth-order valence-corrected chi connectivity index (χ4v) is 2.16. The van der Waals surface area contributed by atoms with Crippen LogP contribution in [0.2, 0.25) is 0 Å². The number of hydrogen-bond acceptors (Lipinski definition) is 4. The van der Waals surface area contributed by atoms with Crippen molar-refractivity contribution in [1.82, 2.24) is 24.8 Å². The summed E-state index contributed by atoms with van der Waals surface area (Å²) in [6.07, 6.45) is 5.67. The highest BCUT2D eigenvalue weighted by Gasteiger charge is 2.17. The molecule has 0 spiro atoms. The van der Waals surface area contributed by atoms with Gasteiger partial charge in [0, 0.05) is 38.1 Å². The van der Waals surface area contributed by atoms with Gasteiger partial charge in [0.1, 0.15) is 5.82 Å². The molecular formula is C13H22N6. The number of nitrogens with two attached hydrogens (primary N) is 1. The summed E-state index contributed by atoms with van der Waals surface area (Å²) in [5.74, 6) is 6.70. The Morgan fingerprint density at radius 3 is 2.84 bits per heavy atom. The molecule has 0 aliphatic carbocycles. The van der Waals surface area contributed by atoms with Crippen LogP contribution in [0.15, 0.2) is 18.5 Å². The van der Waals surface area contributed by atoms with Gasteiger partial charge in [-0.1, -0.05) is 6.92 Å². The predicted molar refractivity (Wildman–Crippen MR) is 74.2 cm³/mol. The predicted octanol–water partition coefficient (Wildman–Crippen LogP) is 1.08. The van der Waals surface area contributed by atoms with Crippen molar-refractivity contribution >= 4 is 0 Å². The van der Waals surface area contributed by atoms with Crippen molar-refractivity contribution in [3.63, 3.8) is 0 Å². The molecule has 2 heterocycles. The molecule has 0 aromatic carbocycles. The third kappa shape index (κ3) is 3.02. The molecule has 104 valence electrons. The van der Waals surface area contributed by atoms with Crippen LogP contribution in [0.5, 0.6) is 0 Å². The number of nitrogens with one attached hydrogen (secondary N) is 1. The van der Waals surface area contributed by atoms with E-state index in [-0.39, 0.29) is 6.04 Å². The average molecular weight is 262 g/mol. The Kier molecular flexibility index (Phi) is 4.34. The largest absolute Gasteiger partial charge is 0.335 e. The third-order valence-corrected chi connectivity index (χ3v) is 3.34. The van der Waals surface area contributed by atoms with Crippen molar-refractivity contribution in [2.75, 3.05) is 0 Å². The van der Waals surface area contributed by atoms with E-state index in [2.05, 4.69) is 33.1 Å². The third-order valence-electron chi connectivity index (χ3n) is 3.34. The van der Waals surface area contributed by atoms with Gasteiger partial charge in [0.05, 0.1) is 11.7 Å². The topological polar surface area (TPSA) is 73.7 Å². The molecule has 0 amide bonds. The van der Waals surface area contributed by atoms with Gasteiger partial charge in [-0.25, -0.2) is 4.98 Å². The summed E-state index contributed by atoms with van der Waals surface area (Å²) in [4.78, 5) is 4.41. The molecule has 3 N–H and O–H groups in total. The zero-order valence-electron chi connectivity index (χ0n) is 11.8. The van der Waals surface area contributed by atoms with Crippen LogP contribution in [0.3, 0.4) is 0 Å². The summed E-state index contributed by atoms with van der Waals surface area (Å²) < 4.78 is 4.03. The lowest BCUT2D eigenvalue weighted by Crippen LogP contribution is -2.30. The van der Waals surface area contributed by atoms with Crippen molar-refractivity contribution in [3.05, 3.63) is 35.7 Å². The number of hydrogen-bond donors (Lipinski definition) is 2. The SMILES string of the molecule is CCCn1ccnc1CC(NN)c1cc(C)n(C)n1. The van der Waals surface area contributed by atoms with Crippen molar-refractivity contribution in [3.8, 4) is 0 Å². The maximum atomic E-state index is 5.67. The minimum absolute atomic E-state index is 0.0158. The molecule has 2 aromatic rings. The van der Waals surface area contributed by atoms with Crippen LogP contribution >= 0.6 is 0 Å². The van der Waals surface area contributed by atoms with E-state index < -0.39 is 0 Å². The van der Waals surface area contributed by atoms with E-state index in [1.165, 1.54) is 0 Å². The zero-order chi connectivity index (χ0) is 13.8. The maximum Gasteiger partial charge on any atom is 0.110 e. The lowest BCUT2D eigenvalue weighted by atomic mass is 10.1. The van der Waals surface area contributed by atoms with Crippen LogP contribution in [0, 0.1) is 6.92 Å². The highest BCUT2D eigenvalue weighted by atomic mass is 15.3. The van der Waals surface area contributed by atoms with Crippen LogP contribution < -0.4 is 11.3 Å². The van der Waals surface area contributed by atoms with Crippen molar-refractivity contribution in [2.24, 2.45) is 12.9 Å². The van der Waals surface area contributed by atoms with Gasteiger partial charge in [0.25, 0.3) is 0 Å². The van der Waals surface area contributed by atoms with Gasteiger partial charge in [0.2, 0.25) is 0 Å². The molecule has 1 unspecified atom stereocenters. The van der Waals surface area contributed by atoms with Gasteiger partial charge in [-0.3, -0.25) is 16.0 Å². The fraction of sp³-hybridized carbons (Fsp3) is 0.538. The average Bonchev–Trinajstić information content (AvgIpc) is 2.95. The van der Waals surface area contributed by atoms with E-state index in [1.807, 2.05) is 31.0 Å². The number of rotatable bonds is 6. The highest BCUT2D eigenvalue weighted by Crippen LogP contribution is 2.16. The zero-order valence-corrected chi connectivity index (χ0v) is 11.8. The summed E-state index contributed by atoms with van der Waals surface area (Å²) >= 11 is 0. The molecule has 6 nitrogen and oxygen atoms in total. The first-order valence-corrected chi connectivity index (χ1v) is 6.62. The first-order valence-electron chi connectivity index (χ1n) is 6.62. The molecule has 0 aliphatic rings. The van der Waals surface area contributed by atoms with Crippen LogP contribution in [-0.2, 0) is 20.0 Å². The second-order valence-corrected chi connectivity index (χ2v) is 4.79. The fourth-order valence-electron chi connectivity index (χ4n) is 2.16. The Hall–Kier alpha value is -1.66. The van der Waals surface area contributed by atoms with E-state index >= 15 is 0 Å². The lowest BCUT2D eigenvalue weighted by Gasteiger charge is -2.14.